The van der Waals surface area contributed by atoms with Crippen molar-refractivity contribution in [3.8, 4) is 0 Å². The average Bonchev–Trinajstić information content (AvgIpc) is 2.23. The third-order valence-corrected chi connectivity index (χ3v) is 2.73. The van der Waals surface area contributed by atoms with E-state index in [2.05, 4.69) is 0 Å². The standard InChI is InChI=1S/C11H14N2O2/c1-13-10(6-7-15-11(13)14)8-4-2-3-5-9(8)12/h2-5,10H,6-7,12H2,1H3. The van der Waals surface area contributed by atoms with Crippen LogP contribution in [0.25, 0.3) is 0 Å². The van der Waals surface area contributed by atoms with Crippen LogP contribution in [0, 0.1) is 0 Å². The lowest BCUT2D eigenvalue weighted by Crippen LogP contribution is -2.37. The number of nitrogens with zero attached hydrogens (tertiary/aromatic N) is 1. The SMILES string of the molecule is CN1C(=O)OCCC1c1ccccc1N. The molecule has 1 aliphatic heterocycles. The molecule has 15 heavy (non-hydrogen) atoms. The van der Waals surface area contributed by atoms with E-state index in [-0.39, 0.29) is 12.1 Å². The number of nitrogen functional groups attached to an aromatic ring is 1. The molecule has 1 aromatic rings. The summed E-state index contributed by atoms with van der Waals surface area (Å²) in [6.07, 6.45) is 0.505. The van der Waals surface area contributed by atoms with Crippen molar-refractivity contribution >= 4 is 11.8 Å². The van der Waals surface area contributed by atoms with E-state index in [1.54, 1.807) is 11.9 Å². The van der Waals surface area contributed by atoms with E-state index >= 15 is 0 Å². The fourth-order valence-electron chi connectivity index (χ4n) is 1.86. The van der Waals surface area contributed by atoms with E-state index in [9.17, 15) is 4.79 Å². The number of cyclic esters (lactones) is 1. The summed E-state index contributed by atoms with van der Waals surface area (Å²) < 4.78 is 4.93. The Morgan fingerprint density at radius 1 is 1.47 bits per heavy atom. The predicted octanol–water partition coefficient (Wildman–Crippen LogP) is 1.78. The van der Waals surface area contributed by atoms with Crippen molar-refractivity contribution in [1.29, 1.82) is 0 Å². The molecule has 1 unspecified atom stereocenters. The first-order valence-electron chi connectivity index (χ1n) is 4.94. The molecule has 0 aromatic heterocycles. The summed E-state index contributed by atoms with van der Waals surface area (Å²) in [5.74, 6) is 0. The third-order valence-electron chi connectivity index (χ3n) is 2.73. The van der Waals surface area contributed by atoms with Gasteiger partial charge in [-0.3, -0.25) is 0 Å². The van der Waals surface area contributed by atoms with Gasteiger partial charge in [0.15, 0.2) is 0 Å². The van der Waals surface area contributed by atoms with Gasteiger partial charge in [-0.05, 0) is 11.6 Å². The second-order valence-corrected chi connectivity index (χ2v) is 3.66. The van der Waals surface area contributed by atoms with Crippen molar-refractivity contribution in [2.45, 2.75) is 12.5 Å². The molecule has 0 aliphatic carbocycles. The molecule has 0 spiro atoms. The maximum absolute atomic E-state index is 11.4. The first-order valence-corrected chi connectivity index (χ1v) is 4.94. The Morgan fingerprint density at radius 2 is 2.20 bits per heavy atom. The highest BCUT2D eigenvalue weighted by molar-refractivity contribution is 5.69. The lowest BCUT2D eigenvalue weighted by atomic mass is 10.0. The number of hydrogen-bond acceptors (Lipinski definition) is 3. The van der Waals surface area contributed by atoms with Gasteiger partial charge in [0, 0.05) is 19.2 Å². The van der Waals surface area contributed by atoms with Crippen LogP contribution in [0.2, 0.25) is 0 Å². The van der Waals surface area contributed by atoms with Crippen LogP contribution < -0.4 is 5.73 Å². The van der Waals surface area contributed by atoms with E-state index in [4.69, 9.17) is 10.5 Å². The van der Waals surface area contributed by atoms with Gasteiger partial charge in [-0.2, -0.15) is 0 Å². The molecule has 0 saturated carbocycles. The van der Waals surface area contributed by atoms with E-state index in [0.717, 1.165) is 17.7 Å². The zero-order valence-electron chi connectivity index (χ0n) is 8.64. The van der Waals surface area contributed by atoms with Gasteiger partial charge >= 0.3 is 6.09 Å². The Morgan fingerprint density at radius 3 is 2.93 bits per heavy atom. The van der Waals surface area contributed by atoms with Crippen LogP contribution in [0.1, 0.15) is 18.0 Å². The maximum Gasteiger partial charge on any atom is 0.410 e. The van der Waals surface area contributed by atoms with Gasteiger partial charge < -0.3 is 15.4 Å². The summed E-state index contributed by atoms with van der Waals surface area (Å²) in [5.41, 5.74) is 7.60. The minimum absolute atomic E-state index is 0.0347. The number of benzene rings is 1. The Bertz CT molecular complexity index is 379. The van der Waals surface area contributed by atoms with Crippen LogP contribution in [0.15, 0.2) is 24.3 Å². The van der Waals surface area contributed by atoms with Gasteiger partial charge in [-0.25, -0.2) is 4.79 Å². The maximum atomic E-state index is 11.4. The molecule has 0 radical (unpaired) electrons. The molecule has 4 nitrogen and oxygen atoms in total. The summed E-state index contributed by atoms with van der Waals surface area (Å²) >= 11 is 0. The zero-order chi connectivity index (χ0) is 10.8. The molecule has 2 rings (SSSR count). The number of para-hydroxylation sites is 1. The Balaban J connectivity index is 2.30. The normalized spacial score (nSPS) is 21.3. The number of amides is 1. The molecule has 80 valence electrons. The molecule has 1 aliphatic rings. The highest BCUT2D eigenvalue weighted by atomic mass is 16.6. The molecule has 1 fully saturated rings. The summed E-state index contributed by atoms with van der Waals surface area (Å²) in [7, 11) is 1.73. The average molecular weight is 206 g/mol. The Hall–Kier alpha value is -1.71. The molecule has 1 atom stereocenters. The van der Waals surface area contributed by atoms with Crippen molar-refractivity contribution in [2.24, 2.45) is 0 Å². The van der Waals surface area contributed by atoms with E-state index < -0.39 is 0 Å². The third kappa shape index (κ3) is 1.75. The van der Waals surface area contributed by atoms with Gasteiger partial charge in [0.1, 0.15) is 0 Å². The molecule has 4 heteroatoms. The molecular weight excluding hydrogens is 192 g/mol. The van der Waals surface area contributed by atoms with Gasteiger partial charge in [-0.15, -0.1) is 0 Å². The fourth-order valence-corrected chi connectivity index (χ4v) is 1.86. The first-order chi connectivity index (χ1) is 7.20. The van der Waals surface area contributed by atoms with Crippen molar-refractivity contribution in [3.05, 3.63) is 29.8 Å². The fraction of sp³-hybridized carbons (Fsp3) is 0.364. The molecule has 1 aromatic carbocycles. The highest BCUT2D eigenvalue weighted by Gasteiger charge is 2.28. The molecule has 1 amide bonds. The Labute approximate surface area is 88.6 Å². The number of rotatable bonds is 1. The lowest BCUT2D eigenvalue weighted by Gasteiger charge is -2.32. The number of anilines is 1. The molecule has 2 N–H and O–H groups in total. The van der Waals surface area contributed by atoms with Crippen molar-refractivity contribution in [2.75, 3.05) is 19.4 Å². The van der Waals surface area contributed by atoms with E-state index in [1.165, 1.54) is 0 Å². The van der Waals surface area contributed by atoms with Crippen LogP contribution in [-0.2, 0) is 4.74 Å². The largest absolute Gasteiger partial charge is 0.449 e. The summed E-state index contributed by atoms with van der Waals surface area (Å²) in [6, 6.07) is 7.66. The summed E-state index contributed by atoms with van der Waals surface area (Å²) in [4.78, 5) is 12.9. The van der Waals surface area contributed by atoms with E-state index in [1.807, 2.05) is 24.3 Å². The smallest absolute Gasteiger partial charge is 0.410 e. The van der Waals surface area contributed by atoms with Crippen LogP contribution in [0.3, 0.4) is 0 Å². The minimum Gasteiger partial charge on any atom is -0.449 e. The van der Waals surface area contributed by atoms with Gasteiger partial charge in [0.05, 0.1) is 12.6 Å². The molecule has 0 bridgehead atoms. The van der Waals surface area contributed by atoms with Crippen molar-refractivity contribution < 1.29 is 9.53 Å². The number of carbonyl (C=O) groups is 1. The first kappa shape index (κ1) is 9.83. The minimum atomic E-state index is -0.283. The Kier molecular flexibility index (Phi) is 2.49. The number of nitrogens with two attached hydrogens (primary N) is 1. The van der Waals surface area contributed by atoms with Crippen molar-refractivity contribution in [1.82, 2.24) is 4.90 Å². The molecular formula is C11H14N2O2. The summed E-state index contributed by atoms with van der Waals surface area (Å²) in [6.45, 7) is 0.460. The monoisotopic (exact) mass is 206 g/mol. The quantitative estimate of drug-likeness (QED) is 0.712. The second-order valence-electron chi connectivity index (χ2n) is 3.66. The molecule has 1 heterocycles. The number of carbonyl (C=O) groups excluding carboxylic acids is 1. The van der Waals surface area contributed by atoms with E-state index in [0.29, 0.717) is 6.61 Å². The number of hydrogen-bond donors (Lipinski definition) is 1. The highest BCUT2D eigenvalue weighted by Crippen LogP contribution is 2.30. The van der Waals surface area contributed by atoms with Gasteiger partial charge in [0.25, 0.3) is 0 Å². The van der Waals surface area contributed by atoms with Gasteiger partial charge in [-0.1, -0.05) is 18.2 Å². The van der Waals surface area contributed by atoms with Crippen molar-refractivity contribution in [3.63, 3.8) is 0 Å². The zero-order valence-corrected chi connectivity index (χ0v) is 8.64. The topological polar surface area (TPSA) is 55.6 Å². The van der Waals surface area contributed by atoms with Crippen LogP contribution >= 0.6 is 0 Å². The second kappa shape index (κ2) is 3.81. The number of ether oxygens (including phenoxy) is 1. The van der Waals surface area contributed by atoms with Crippen LogP contribution in [0.4, 0.5) is 10.5 Å². The lowest BCUT2D eigenvalue weighted by molar-refractivity contribution is 0.0561. The van der Waals surface area contributed by atoms with Gasteiger partial charge in [0.2, 0.25) is 0 Å². The summed E-state index contributed by atoms with van der Waals surface area (Å²) in [5, 5.41) is 0. The van der Waals surface area contributed by atoms with Crippen LogP contribution in [0.5, 0.6) is 0 Å². The predicted molar refractivity (Wildman–Crippen MR) is 57.3 cm³/mol. The molecule has 1 saturated heterocycles. The van der Waals surface area contributed by atoms with Crippen LogP contribution in [-0.4, -0.2) is 24.6 Å².